The molecule has 1 aliphatic rings. The molecule has 2 unspecified atom stereocenters. The van der Waals surface area contributed by atoms with Crippen LogP contribution in [0.25, 0.3) is 21.8 Å². The van der Waals surface area contributed by atoms with Crippen LogP contribution in [0.3, 0.4) is 0 Å². The number of nitrogens with one attached hydrogen (secondary N) is 2. The molecule has 1 saturated carbocycles. The minimum Gasteiger partial charge on any atom is -0.324 e. The van der Waals surface area contributed by atoms with Gasteiger partial charge in [-0.05, 0) is 30.7 Å². The molecule has 6 nitrogen and oxygen atoms in total. The average Bonchev–Trinajstić information content (AvgIpc) is 3.56. The summed E-state index contributed by atoms with van der Waals surface area (Å²) in [5.74, 6) is -0.979. The van der Waals surface area contributed by atoms with Crippen molar-refractivity contribution in [2.24, 2.45) is 11.8 Å². The maximum absolute atomic E-state index is 12.7. The number of rotatable bonds is 4. The summed E-state index contributed by atoms with van der Waals surface area (Å²) >= 11 is 0. The summed E-state index contributed by atoms with van der Waals surface area (Å²) < 4.78 is 0. The van der Waals surface area contributed by atoms with Crippen molar-refractivity contribution in [3.63, 3.8) is 0 Å². The van der Waals surface area contributed by atoms with E-state index in [2.05, 4.69) is 20.6 Å². The predicted octanol–water partition coefficient (Wildman–Crippen LogP) is 4.00. The highest BCUT2D eigenvalue weighted by atomic mass is 16.2. The monoisotopic (exact) mass is 382 g/mol. The third-order valence-electron chi connectivity index (χ3n) is 5.25. The summed E-state index contributed by atoms with van der Waals surface area (Å²) in [5.41, 5.74) is 2.81. The van der Waals surface area contributed by atoms with Crippen LogP contribution in [0.1, 0.15) is 6.42 Å². The number of aromatic nitrogens is 2. The first-order chi connectivity index (χ1) is 14.2. The van der Waals surface area contributed by atoms with E-state index < -0.39 is 0 Å². The fourth-order valence-corrected chi connectivity index (χ4v) is 3.64. The fourth-order valence-electron chi connectivity index (χ4n) is 3.64. The van der Waals surface area contributed by atoms with Gasteiger partial charge in [-0.2, -0.15) is 0 Å². The molecule has 142 valence electrons. The van der Waals surface area contributed by atoms with Gasteiger partial charge in [-0.3, -0.25) is 19.6 Å². The van der Waals surface area contributed by atoms with E-state index in [0.717, 1.165) is 21.8 Å². The highest BCUT2D eigenvalue weighted by molar-refractivity contribution is 6.08. The first kappa shape index (κ1) is 17.3. The van der Waals surface area contributed by atoms with E-state index in [0.29, 0.717) is 17.8 Å². The number of hydrogen-bond acceptors (Lipinski definition) is 4. The van der Waals surface area contributed by atoms with E-state index in [1.807, 2.05) is 60.7 Å². The van der Waals surface area contributed by atoms with Gasteiger partial charge in [0.05, 0.1) is 34.2 Å². The summed E-state index contributed by atoms with van der Waals surface area (Å²) in [6.07, 6.45) is 3.93. The van der Waals surface area contributed by atoms with Gasteiger partial charge in [-0.15, -0.1) is 0 Å². The summed E-state index contributed by atoms with van der Waals surface area (Å²) in [6, 6.07) is 18.9. The van der Waals surface area contributed by atoms with Gasteiger partial charge in [-0.25, -0.2) is 0 Å². The summed E-state index contributed by atoms with van der Waals surface area (Å²) in [6.45, 7) is 0. The predicted molar refractivity (Wildman–Crippen MR) is 112 cm³/mol. The van der Waals surface area contributed by atoms with Crippen LogP contribution in [0.4, 0.5) is 11.4 Å². The molecule has 0 radical (unpaired) electrons. The number of benzene rings is 2. The van der Waals surface area contributed by atoms with E-state index in [4.69, 9.17) is 0 Å². The number of carbonyl (C=O) groups is 2. The molecule has 2 aromatic heterocycles. The smallest absolute Gasteiger partial charge is 0.228 e. The fraction of sp³-hybridized carbons (Fsp3) is 0.130. The minimum absolute atomic E-state index is 0.153. The normalized spacial score (nSPS) is 17.8. The second kappa shape index (κ2) is 6.98. The molecule has 6 heteroatoms. The number of hydrogen-bond donors (Lipinski definition) is 2. The first-order valence-electron chi connectivity index (χ1n) is 9.50. The Hall–Kier alpha value is -3.80. The van der Waals surface area contributed by atoms with Gasteiger partial charge in [0.15, 0.2) is 0 Å². The molecule has 0 saturated heterocycles. The lowest BCUT2D eigenvalue weighted by atomic mass is 10.1. The molecule has 2 atom stereocenters. The number of nitrogens with zero attached hydrogens (tertiary/aromatic N) is 2. The van der Waals surface area contributed by atoms with Gasteiger partial charge >= 0.3 is 0 Å². The highest BCUT2D eigenvalue weighted by Gasteiger charge is 2.48. The molecule has 0 spiro atoms. The van der Waals surface area contributed by atoms with Crippen LogP contribution in [0.5, 0.6) is 0 Å². The molecule has 1 fully saturated rings. The number of fused-ring (bicyclic) bond motifs is 2. The standard InChI is InChI=1S/C23H18N4O2/c28-22(26-18-9-1-5-14-7-3-11-24-20(14)18)16-13-17(16)23(29)27-19-10-2-6-15-8-4-12-25-21(15)19/h1-12,16-17H,13H2,(H,26,28)(H,27,29). The van der Waals surface area contributed by atoms with Crippen LogP contribution in [-0.4, -0.2) is 21.8 Å². The SMILES string of the molecule is O=C(Nc1cccc2cccnc12)C1CC1C(=O)Nc1cccc2cccnc12. The summed E-state index contributed by atoms with van der Waals surface area (Å²) in [4.78, 5) is 34.0. The molecule has 2 heterocycles. The number of para-hydroxylation sites is 2. The van der Waals surface area contributed by atoms with Gasteiger partial charge in [0.1, 0.15) is 0 Å². The van der Waals surface area contributed by atoms with Crippen molar-refractivity contribution >= 4 is 45.0 Å². The maximum atomic E-state index is 12.7. The van der Waals surface area contributed by atoms with Gasteiger partial charge in [0.2, 0.25) is 11.8 Å². The molecule has 2 aromatic carbocycles. The lowest BCUT2D eigenvalue weighted by molar-refractivity contribution is -0.122. The van der Waals surface area contributed by atoms with E-state index >= 15 is 0 Å². The second-order valence-corrected chi connectivity index (χ2v) is 7.19. The second-order valence-electron chi connectivity index (χ2n) is 7.19. The van der Waals surface area contributed by atoms with Crippen molar-refractivity contribution in [2.45, 2.75) is 6.42 Å². The Labute approximate surface area is 167 Å². The molecule has 29 heavy (non-hydrogen) atoms. The van der Waals surface area contributed by atoms with Crippen molar-refractivity contribution < 1.29 is 9.59 Å². The third-order valence-corrected chi connectivity index (χ3v) is 5.25. The molecular formula is C23H18N4O2. The zero-order chi connectivity index (χ0) is 19.8. The van der Waals surface area contributed by atoms with Crippen LogP contribution in [-0.2, 0) is 9.59 Å². The topological polar surface area (TPSA) is 84.0 Å². The van der Waals surface area contributed by atoms with Crippen LogP contribution < -0.4 is 10.6 Å². The maximum Gasteiger partial charge on any atom is 0.228 e. The summed E-state index contributed by atoms with van der Waals surface area (Å²) in [7, 11) is 0. The first-order valence-corrected chi connectivity index (χ1v) is 9.50. The molecule has 5 rings (SSSR count). The van der Waals surface area contributed by atoms with Crippen molar-refractivity contribution in [3.8, 4) is 0 Å². The van der Waals surface area contributed by atoms with E-state index in [9.17, 15) is 9.59 Å². The number of pyridine rings is 2. The average molecular weight is 382 g/mol. The largest absolute Gasteiger partial charge is 0.324 e. The van der Waals surface area contributed by atoms with Crippen LogP contribution in [0.15, 0.2) is 73.1 Å². The van der Waals surface area contributed by atoms with E-state index in [-0.39, 0.29) is 23.7 Å². The molecule has 4 aromatic rings. The Morgan fingerprint density at radius 1 is 0.690 bits per heavy atom. The van der Waals surface area contributed by atoms with Crippen molar-refractivity contribution in [3.05, 3.63) is 73.1 Å². The zero-order valence-electron chi connectivity index (χ0n) is 15.5. The van der Waals surface area contributed by atoms with Gasteiger partial charge in [-0.1, -0.05) is 36.4 Å². The molecule has 0 aliphatic heterocycles. The van der Waals surface area contributed by atoms with Crippen molar-refractivity contribution in [1.29, 1.82) is 0 Å². The van der Waals surface area contributed by atoms with Gasteiger partial charge in [0.25, 0.3) is 0 Å². The quantitative estimate of drug-likeness (QED) is 0.559. The van der Waals surface area contributed by atoms with E-state index in [1.54, 1.807) is 12.4 Å². The van der Waals surface area contributed by atoms with Crippen LogP contribution >= 0.6 is 0 Å². The lowest BCUT2D eigenvalue weighted by Crippen LogP contribution is -2.21. The Kier molecular flexibility index (Phi) is 4.17. The molecule has 1 aliphatic carbocycles. The summed E-state index contributed by atoms with van der Waals surface area (Å²) in [5, 5.41) is 7.78. The molecule has 2 amide bonds. The Morgan fingerprint density at radius 2 is 1.14 bits per heavy atom. The third kappa shape index (κ3) is 3.29. The molecule has 2 N–H and O–H groups in total. The zero-order valence-corrected chi connectivity index (χ0v) is 15.5. The molecule has 0 bridgehead atoms. The Balaban J connectivity index is 1.29. The number of amides is 2. The lowest BCUT2D eigenvalue weighted by Gasteiger charge is -2.09. The van der Waals surface area contributed by atoms with E-state index in [1.165, 1.54) is 0 Å². The highest BCUT2D eigenvalue weighted by Crippen LogP contribution is 2.41. The van der Waals surface area contributed by atoms with Gasteiger partial charge in [0, 0.05) is 23.2 Å². The van der Waals surface area contributed by atoms with Crippen LogP contribution in [0, 0.1) is 11.8 Å². The minimum atomic E-state index is -0.336. The van der Waals surface area contributed by atoms with Crippen molar-refractivity contribution in [2.75, 3.05) is 10.6 Å². The molecular weight excluding hydrogens is 364 g/mol. The van der Waals surface area contributed by atoms with Gasteiger partial charge < -0.3 is 10.6 Å². The Bertz CT molecular complexity index is 1150. The number of anilines is 2. The van der Waals surface area contributed by atoms with Crippen molar-refractivity contribution in [1.82, 2.24) is 9.97 Å². The van der Waals surface area contributed by atoms with Crippen LogP contribution in [0.2, 0.25) is 0 Å². The Morgan fingerprint density at radius 3 is 1.62 bits per heavy atom. The number of carbonyl (C=O) groups excluding carboxylic acids is 2.